The fraction of sp³-hybridized carbons (Fsp3) is 0.0667. The average molecular weight is 280 g/mol. The number of anilines is 1. The molecule has 0 unspecified atom stereocenters. The maximum atomic E-state index is 11.0. The Morgan fingerprint density at radius 3 is 2.71 bits per heavy atom. The first-order valence-electron chi connectivity index (χ1n) is 6.35. The van der Waals surface area contributed by atoms with Gasteiger partial charge >= 0.3 is 5.97 Å². The zero-order valence-corrected chi connectivity index (χ0v) is 11.0. The molecular weight excluding hydrogens is 268 g/mol. The van der Waals surface area contributed by atoms with Crippen LogP contribution in [0.2, 0.25) is 0 Å². The number of carboxylic acids is 1. The van der Waals surface area contributed by atoms with Crippen LogP contribution in [0.4, 0.5) is 5.82 Å². The number of nitrogens with one attached hydrogen (secondary N) is 1. The van der Waals surface area contributed by atoms with Crippen molar-refractivity contribution in [3.05, 3.63) is 60.2 Å². The number of hydrogen-bond donors (Lipinski definition) is 2. The van der Waals surface area contributed by atoms with Gasteiger partial charge in [-0.05, 0) is 35.9 Å². The number of fused-ring (bicyclic) bond motifs is 1. The second-order valence-electron chi connectivity index (χ2n) is 4.47. The molecule has 0 aliphatic heterocycles. The first kappa shape index (κ1) is 13.0. The van der Waals surface area contributed by atoms with Crippen LogP contribution in [0.25, 0.3) is 10.9 Å². The Kier molecular flexibility index (Phi) is 3.42. The lowest BCUT2D eigenvalue weighted by molar-refractivity contribution is 0.0697. The van der Waals surface area contributed by atoms with Crippen molar-refractivity contribution in [2.45, 2.75) is 6.54 Å². The second-order valence-corrected chi connectivity index (χ2v) is 4.47. The van der Waals surface area contributed by atoms with E-state index in [1.807, 2.05) is 12.1 Å². The summed E-state index contributed by atoms with van der Waals surface area (Å²) in [7, 11) is 0. The molecular formula is C15H12N4O2. The van der Waals surface area contributed by atoms with Crippen LogP contribution in [0.1, 0.15) is 15.9 Å². The summed E-state index contributed by atoms with van der Waals surface area (Å²) in [6.45, 7) is 0.606. The molecule has 1 aromatic carbocycles. The highest BCUT2D eigenvalue weighted by Gasteiger charge is 2.08. The van der Waals surface area contributed by atoms with E-state index < -0.39 is 5.97 Å². The first-order chi connectivity index (χ1) is 10.2. The molecule has 0 atom stereocenters. The average Bonchev–Trinajstić information content (AvgIpc) is 2.53. The molecule has 0 saturated heterocycles. The van der Waals surface area contributed by atoms with E-state index in [0.29, 0.717) is 17.9 Å². The summed E-state index contributed by atoms with van der Waals surface area (Å²) in [6, 6.07) is 8.63. The predicted molar refractivity (Wildman–Crippen MR) is 78.1 cm³/mol. The molecule has 0 spiro atoms. The summed E-state index contributed by atoms with van der Waals surface area (Å²) >= 11 is 0. The van der Waals surface area contributed by atoms with Crippen LogP contribution in [0.3, 0.4) is 0 Å². The van der Waals surface area contributed by atoms with Gasteiger partial charge in [-0.2, -0.15) is 0 Å². The van der Waals surface area contributed by atoms with Crippen LogP contribution < -0.4 is 5.32 Å². The van der Waals surface area contributed by atoms with Crippen molar-refractivity contribution in [3.8, 4) is 0 Å². The lowest BCUT2D eigenvalue weighted by Gasteiger charge is -2.08. The molecule has 0 saturated carbocycles. The van der Waals surface area contributed by atoms with Crippen molar-refractivity contribution in [1.29, 1.82) is 0 Å². The number of nitrogens with zero attached hydrogens (tertiary/aromatic N) is 3. The van der Waals surface area contributed by atoms with E-state index in [1.165, 1.54) is 12.4 Å². The topological polar surface area (TPSA) is 88.0 Å². The maximum Gasteiger partial charge on any atom is 0.335 e. The quantitative estimate of drug-likeness (QED) is 0.762. The van der Waals surface area contributed by atoms with Crippen molar-refractivity contribution >= 4 is 22.7 Å². The maximum absolute atomic E-state index is 11.0. The summed E-state index contributed by atoms with van der Waals surface area (Å²) < 4.78 is 0. The zero-order chi connectivity index (χ0) is 14.7. The molecule has 2 N–H and O–H groups in total. The summed E-state index contributed by atoms with van der Waals surface area (Å²) in [5.41, 5.74) is 1.89. The molecule has 0 aliphatic rings. The van der Waals surface area contributed by atoms with E-state index in [1.54, 1.807) is 24.5 Å². The highest BCUT2D eigenvalue weighted by atomic mass is 16.4. The van der Waals surface area contributed by atoms with E-state index in [2.05, 4.69) is 20.3 Å². The van der Waals surface area contributed by atoms with E-state index in [-0.39, 0.29) is 5.56 Å². The monoisotopic (exact) mass is 280 g/mol. The van der Waals surface area contributed by atoms with Gasteiger partial charge in [0.2, 0.25) is 0 Å². The Bertz CT molecular complexity index is 790. The third-order valence-corrected chi connectivity index (χ3v) is 3.09. The van der Waals surface area contributed by atoms with Gasteiger partial charge in [0.15, 0.2) is 0 Å². The van der Waals surface area contributed by atoms with Crippen LogP contribution in [0, 0.1) is 0 Å². The highest BCUT2D eigenvalue weighted by Crippen LogP contribution is 2.21. The lowest BCUT2D eigenvalue weighted by Crippen LogP contribution is -2.03. The van der Waals surface area contributed by atoms with E-state index in [4.69, 9.17) is 5.11 Å². The van der Waals surface area contributed by atoms with E-state index in [9.17, 15) is 4.79 Å². The number of pyridine rings is 1. The minimum atomic E-state index is -0.971. The number of aromatic carboxylic acids is 1. The van der Waals surface area contributed by atoms with Crippen LogP contribution in [0.5, 0.6) is 0 Å². The molecule has 0 radical (unpaired) electrons. The molecule has 6 heteroatoms. The van der Waals surface area contributed by atoms with Gasteiger partial charge in [-0.15, -0.1) is 0 Å². The summed E-state index contributed by atoms with van der Waals surface area (Å²) in [4.78, 5) is 23.3. The van der Waals surface area contributed by atoms with Gasteiger partial charge < -0.3 is 10.4 Å². The first-order valence-corrected chi connectivity index (χ1v) is 6.35. The van der Waals surface area contributed by atoms with Gasteiger partial charge in [0.05, 0.1) is 11.1 Å². The molecule has 0 aliphatic carbocycles. The van der Waals surface area contributed by atoms with Crippen LogP contribution in [-0.4, -0.2) is 26.0 Å². The van der Waals surface area contributed by atoms with Crippen molar-refractivity contribution in [2.24, 2.45) is 0 Å². The standard InChI is InChI=1S/C15H12N4O2/c20-15(21)11-1-2-12-13(7-11)18-9-19-14(12)17-8-10-3-5-16-6-4-10/h1-7,9H,8H2,(H,20,21)(H,17,18,19). The SMILES string of the molecule is O=C(O)c1ccc2c(NCc3ccncc3)ncnc2c1. The van der Waals surface area contributed by atoms with Gasteiger partial charge in [-0.1, -0.05) is 0 Å². The molecule has 104 valence electrons. The number of carboxylic acid groups (broad SMARTS) is 1. The highest BCUT2D eigenvalue weighted by molar-refractivity contribution is 5.96. The Labute approximate surface area is 120 Å². The fourth-order valence-corrected chi connectivity index (χ4v) is 2.02. The van der Waals surface area contributed by atoms with Crippen LogP contribution >= 0.6 is 0 Å². The molecule has 3 rings (SSSR count). The van der Waals surface area contributed by atoms with Crippen molar-refractivity contribution in [1.82, 2.24) is 15.0 Å². The van der Waals surface area contributed by atoms with Gasteiger partial charge in [-0.25, -0.2) is 14.8 Å². The molecule has 3 aromatic rings. The van der Waals surface area contributed by atoms with Crippen LogP contribution in [0.15, 0.2) is 49.1 Å². The second kappa shape index (κ2) is 5.54. The van der Waals surface area contributed by atoms with E-state index >= 15 is 0 Å². The molecule has 0 amide bonds. The fourth-order valence-electron chi connectivity index (χ4n) is 2.02. The molecule has 2 aromatic heterocycles. The Morgan fingerprint density at radius 1 is 1.14 bits per heavy atom. The molecule has 21 heavy (non-hydrogen) atoms. The number of aromatic nitrogens is 3. The van der Waals surface area contributed by atoms with Gasteiger partial charge in [-0.3, -0.25) is 4.98 Å². The van der Waals surface area contributed by atoms with Crippen molar-refractivity contribution in [2.75, 3.05) is 5.32 Å². The number of rotatable bonds is 4. The third-order valence-electron chi connectivity index (χ3n) is 3.09. The molecule has 0 fully saturated rings. The lowest BCUT2D eigenvalue weighted by atomic mass is 10.1. The minimum absolute atomic E-state index is 0.210. The Hall–Kier alpha value is -3.02. The van der Waals surface area contributed by atoms with Gasteiger partial charge in [0.1, 0.15) is 12.1 Å². The van der Waals surface area contributed by atoms with Crippen molar-refractivity contribution in [3.63, 3.8) is 0 Å². The summed E-state index contributed by atoms with van der Waals surface area (Å²) in [6.07, 6.45) is 4.88. The number of carbonyl (C=O) groups is 1. The molecule has 6 nitrogen and oxygen atoms in total. The zero-order valence-electron chi connectivity index (χ0n) is 11.0. The molecule has 2 heterocycles. The van der Waals surface area contributed by atoms with Gasteiger partial charge in [0, 0.05) is 24.3 Å². The predicted octanol–water partition coefficient (Wildman–Crippen LogP) is 2.34. The van der Waals surface area contributed by atoms with Crippen molar-refractivity contribution < 1.29 is 9.90 Å². The third kappa shape index (κ3) is 2.79. The van der Waals surface area contributed by atoms with Gasteiger partial charge in [0.25, 0.3) is 0 Å². The summed E-state index contributed by atoms with van der Waals surface area (Å²) in [5, 5.41) is 13.0. The van der Waals surface area contributed by atoms with Crippen LogP contribution in [-0.2, 0) is 6.54 Å². The normalized spacial score (nSPS) is 10.5. The molecule has 0 bridgehead atoms. The Balaban J connectivity index is 1.90. The number of benzene rings is 1. The van der Waals surface area contributed by atoms with E-state index in [0.717, 1.165) is 10.9 Å². The Morgan fingerprint density at radius 2 is 1.95 bits per heavy atom. The number of hydrogen-bond acceptors (Lipinski definition) is 5. The minimum Gasteiger partial charge on any atom is -0.478 e. The summed E-state index contributed by atoms with van der Waals surface area (Å²) in [5.74, 6) is -0.296. The largest absolute Gasteiger partial charge is 0.478 e. The smallest absolute Gasteiger partial charge is 0.335 e.